The molecular formula is C22H17Cl2F3N4O2. The van der Waals surface area contributed by atoms with Crippen LogP contribution in [0.2, 0.25) is 10.0 Å². The lowest BCUT2D eigenvalue weighted by atomic mass is 9.87. The molecule has 6 nitrogen and oxygen atoms in total. The first-order valence-corrected chi connectivity index (χ1v) is 10.5. The van der Waals surface area contributed by atoms with Crippen molar-refractivity contribution in [1.29, 1.82) is 0 Å². The third-order valence-electron chi connectivity index (χ3n) is 5.74. The van der Waals surface area contributed by atoms with Gasteiger partial charge >= 0.3 is 0 Å². The summed E-state index contributed by atoms with van der Waals surface area (Å²) in [4.78, 5) is 29.9. The number of nitrogens with zero attached hydrogens (tertiary/aromatic N) is 3. The van der Waals surface area contributed by atoms with Gasteiger partial charge in [0.15, 0.2) is 11.6 Å². The molecular weight excluding hydrogens is 480 g/mol. The summed E-state index contributed by atoms with van der Waals surface area (Å²) in [5, 5.41) is 2.58. The van der Waals surface area contributed by atoms with Gasteiger partial charge in [0, 0.05) is 25.7 Å². The highest BCUT2D eigenvalue weighted by Gasteiger charge is 2.45. The van der Waals surface area contributed by atoms with Gasteiger partial charge < -0.3 is 14.8 Å². The van der Waals surface area contributed by atoms with Crippen molar-refractivity contribution in [3.63, 3.8) is 0 Å². The fraction of sp³-hybridized carbons (Fsp3) is 0.227. The number of likely N-dealkylation sites (tertiary alicyclic amines) is 1. The fourth-order valence-electron chi connectivity index (χ4n) is 4.10. The Labute approximate surface area is 196 Å². The minimum atomic E-state index is -1.47. The van der Waals surface area contributed by atoms with Gasteiger partial charge in [0.25, 0.3) is 5.56 Å². The quantitative estimate of drug-likeness (QED) is 0.429. The van der Waals surface area contributed by atoms with Crippen molar-refractivity contribution < 1.29 is 18.0 Å². The van der Waals surface area contributed by atoms with Crippen molar-refractivity contribution >= 4 is 45.7 Å². The van der Waals surface area contributed by atoms with Crippen LogP contribution in [-0.2, 0) is 17.4 Å². The molecule has 33 heavy (non-hydrogen) atoms. The lowest BCUT2D eigenvalue weighted by Crippen LogP contribution is -2.41. The van der Waals surface area contributed by atoms with E-state index in [1.165, 1.54) is 18.0 Å². The minimum Gasteiger partial charge on any atom is -0.371 e. The van der Waals surface area contributed by atoms with Gasteiger partial charge in [-0.15, -0.1) is 0 Å². The smallest absolute Gasteiger partial charge is 0.261 e. The average molecular weight is 497 g/mol. The predicted molar refractivity (Wildman–Crippen MR) is 120 cm³/mol. The van der Waals surface area contributed by atoms with Crippen LogP contribution in [-0.4, -0.2) is 33.4 Å². The number of hydrogen-bond acceptors (Lipinski definition) is 4. The number of rotatable bonds is 4. The molecule has 2 heterocycles. The summed E-state index contributed by atoms with van der Waals surface area (Å²) in [6, 6.07) is 3.48. The molecule has 4 rings (SSSR count). The van der Waals surface area contributed by atoms with Crippen molar-refractivity contribution in [2.24, 2.45) is 7.05 Å². The Bertz CT molecular complexity index is 1380. The monoisotopic (exact) mass is 496 g/mol. The van der Waals surface area contributed by atoms with Crippen molar-refractivity contribution in [2.75, 3.05) is 18.4 Å². The van der Waals surface area contributed by atoms with E-state index in [2.05, 4.69) is 16.9 Å². The molecule has 1 saturated heterocycles. The highest BCUT2D eigenvalue weighted by molar-refractivity contribution is 6.42. The number of benzene rings is 2. The normalized spacial score (nSPS) is 18.1. The first-order chi connectivity index (χ1) is 15.6. The molecule has 0 saturated carbocycles. The van der Waals surface area contributed by atoms with E-state index in [-0.39, 0.29) is 40.5 Å². The van der Waals surface area contributed by atoms with Crippen LogP contribution in [0.1, 0.15) is 12.0 Å². The first kappa shape index (κ1) is 23.1. The second-order valence-corrected chi connectivity index (χ2v) is 8.53. The lowest BCUT2D eigenvalue weighted by Gasteiger charge is -2.33. The van der Waals surface area contributed by atoms with E-state index in [0.717, 1.165) is 29.1 Å². The zero-order valence-corrected chi connectivity index (χ0v) is 18.8. The van der Waals surface area contributed by atoms with Gasteiger partial charge in [-0.2, -0.15) is 0 Å². The SMILES string of the molecule is C=CC(=O)N1CCC(Nc2cc3c(=O)n(C)cnc3c(F)c2F)(c2c(F)ccc(Cl)c2Cl)C1. The largest absolute Gasteiger partial charge is 0.371 e. The molecule has 3 aromatic rings. The number of amides is 1. The molecule has 1 amide bonds. The van der Waals surface area contributed by atoms with E-state index in [9.17, 15) is 14.0 Å². The molecule has 1 N–H and O–H groups in total. The number of halogens is 5. The van der Waals surface area contributed by atoms with Crippen LogP contribution in [0.15, 0.2) is 42.0 Å². The van der Waals surface area contributed by atoms with E-state index < -0.39 is 45.7 Å². The Kier molecular flexibility index (Phi) is 5.88. The summed E-state index contributed by atoms with van der Waals surface area (Å²) in [6.07, 6.45) is 2.27. The van der Waals surface area contributed by atoms with E-state index in [4.69, 9.17) is 23.2 Å². The van der Waals surface area contributed by atoms with Crippen LogP contribution in [0.5, 0.6) is 0 Å². The van der Waals surface area contributed by atoms with Gasteiger partial charge in [-0.25, -0.2) is 18.2 Å². The van der Waals surface area contributed by atoms with Crippen LogP contribution in [0, 0.1) is 17.5 Å². The van der Waals surface area contributed by atoms with Gasteiger partial charge in [0.05, 0.1) is 33.0 Å². The number of hydrogen-bond donors (Lipinski definition) is 1. The Morgan fingerprint density at radius 1 is 1.27 bits per heavy atom. The van der Waals surface area contributed by atoms with Crippen LogP contribution >= 0.6 is 23.2 Å². The van der Waals surface area contributed by atoms with Gasteiger partial charge in [0.1, 0.15) is 11.3 Å². The summed E-state index contributed by atoms with van der Waals surface area (Å²) >= 11 is 12.5. The molecule has 1 fully saturated rings. The van der Waals surface area contributed by atoms with Crippen LogP contribution in [0.25, 0.3) is 10.9 Å². The minimum absolute atomic E-state index is 0.0472. The van der Waals surface area contributed by atoms with Gasteiger partial charge in [-0.3, -0.25) is 9.59 Å². The molecule has 0 radical (unpaired) electrons. The zero-order valence-electron chi connectivity index (χ0n) is 17.3. The number of anilines is 1. The van der Waals surface area contributed by atoms with E-state index in [1.807, 2.05) is 0 Å². The van der Waals surface area contributed by atoms with E-state index >= 15 is 8.78 Å². The molecule has 0 aliphatic carbocycles. The molecule has 1 aliphatic rings. The predicted octanol–water partition coefficient (Wildman–Crippen LogP) is 4.38. The number of carbonyl (C=O) groups excluding carboxylic acids is 1. The maximum Gasteiger partial charge on any atom is 0.261 e. The number of fused-ring (bicyclic) bond motifs is 1. The molecule has 0 spiro atoms. The molecule has 11 heteroatoms. The summed E-state index contributed by atoms with van der Waals surface area (Å²) in [7, 11) is 1.42. The summed E-state index contributed by atoms with van der Waals surface area (Å²) < 4.78 is 46.1. The van der Waals surface area contributed by atoms with Gasteiger partial charge in [-0.1, -0.05) is 29.8 Å². The van der Waals surface area contributed by atoms with Crippen LogP contribution in [0.4, 0.5) is 18.9 Å². The maximum absolute atomic E-state index is 15.1. The highest BCUT2D eigenvalue weighted by Crippen LogP contribution is 2.43. The molecule has 1 atom stereocenters. The second-order valence-electron chi connectivity index (χ2n) is 7.75. The third kappa shape index (κ3) is 3.75. The highest BCUT2D eigenvalue weighted by atomic mass is 35.5. The lowest BCUT2D eigenvalue weighted by molar-refractivity contribution is -0.125. The Hall–Kier alpha value is -3.04. The number of nitrogens with one attached hydrogen (secondary N) is 1. The van der Waals surface area contributed by atoms with Crippen molar-refractivity contribution in [3.8, 4) is 0 Å². The average Bonchev–Trinajstić information content (AvgIpc) is 3.21. The van der Waals surface area contributed by atoms with Crippen LogP contribution in [0.3, 0.4) is 0 Å². The van der Waals surface area contributed by atoms with E-state index in [0.29, 0.717) is 0 Å². The molecule has 2 aromatic carbocycles. The second kappa shape index (κ2) is 8.39. The summed E-state index contributed by atoms with van der Waals surface area (Å²) in [5.74, 6) is -3.82. The molecule has 172 valence electrons. The third-order valence-corrected chi connectivity index (χ3v) is 6.55. The van der Waals surface area contributed by atoms with E-state index in [1.54, 1.807) is 0 Å². The van der Waals surface area contributed by atoms with Crippen molar-refractivity contribution in [1.82, 2.24) is 14.5 Å². The molecule has 1 unspecified atom stereocenters. The standard InChI is InChI=1S/C22H17Cl2F3N4O2/c1-3-15(32)31-7-6-22(9-31,16-13(25)5-4-12(23)17(16)24)29-14-8-11-20(19(27)18(14)26)28-10-30(2)21(11)33/h3-5,8,10,29H,1,6-7,9H2,2H3. The maximum atomic E-state index is 15.1. The fourth-order valence-corrected chi connectivity index (χ4v) is 4.59. The van der Waals surface area contributed by atoms with Gasteiger partial charge in [-0.05, 0) is 30.7 Å². The Morgan fingerprint density at radius 3 is 2.70 bits per heavy atom. The summed E-state index contributed by atoms with van der Waals surface area (Å²) in [5.41, 5.74) is -3.02. The van der Waals surface area contributed by atoms with Gasteiger partial charge in [0.2, 0.25) is 5.91 Å². The van der Waals surface area contributed by atoms with Crippen molar-refractivity contribution in [3.05, 3.63) is 80.6 Å². The number of carbonyl (C=O) groups is 1. The molecule has 1 aromatic heterocycles. The Morgan fingerprint density at radius 2 is 2.00 bits per heavy atom. The number of aromatic nitrogens is 2. The number of aryl methyl sites for hydroxylation is 1. The summed E-state index contributed by atoms with van der Waals surface area (Å²) in [6.45, 7) is 3.46. The molecule has 1 aliphatic heterocycles. The zero-order chi connectivity index (χ0) is 24.1. The first-order valence-electron chi connectivity index (χ1n) is 9.76. The van der Waals surface area contributed by atoms with Crippen molar-refractivity contribution in [2.45, 2.75) is 12.0 Å². The Balaban J connectivity index is 1.94. The van der Waals surface area contributed by atoms with Crippen LogP contribution < -0.4 is 10.9 Å². The molecule has 0 bridgehead atoms. The topological polar surface area (TPSA) is 67.2 Å².